The molecule has 3 rings (SSSR count). The highest BCUT2D eigenvalue weighted by atomic mass is 16.2. The van der Waals surface area contributed by atoms with Gasteiger partial charge in [-0.25, -0.2) is 0 Å². The van der Waals surface area contributed by atoms with Gasteiger partial charge in [0.25, 0.3) is 5.91 Å². The summed E-state index contributed by atoms with van der Waals surface area (Å²) in [5.74, 6) is -1.00. The monoisotopic (exact) mass is 442 g/mol. The predicted octanol–water partition coefficient (Wildman–Crippen LogP) is 4.74. The van der Waals surface area contributed by atoms with Gasteiger partial charge < -0.3 is 10.6 Å². The number of amides is 2. The van der Waals surface area contributed by atoms with Crippen molar-refractivity contribution in [3.05, 3.63) is 96.1 Å². The smallest absolute Gasteiger partial charge is 0.251 e. The van der Waals surface area contributed by atoms with Gasteiger partial charge in [-0.15, -0.1) is 0 Å². The zero-order valence-corrected chi connectivity index (χ0v) is 19.1. The van der Waals surface area contributed by atoms with Crippen LogP contribution >= 0.6 is 0 Å². The highest BCUT2D eigenvalue weighted by Gasteiger charge is 2.30. The van der Waals surface area contributed by atoms with Crippen molar-refractivity contribution in [2.24, 2.45) is 0 Å². The minimum atomic E-state index is -0.750. The van der Waals surface area contributed by atoms with Crippen LogP contribution in [0.25, 0.3) is 11.1 Å². The maximum absolute atomic E-state index is 13.1. The number of benzene rings is 3. The van der Waals surface area contributed by atoms with Gasteiger partial charge in [-0.3, -0.25) is 14.4 Å². The van der Waals surface area contributed by atoms with Crippen LogP contribution < -0.4 is 10.6 Å². The first-order chi connectivity index (χ1) is 16.0. The van der Waals surface area contributed by atoms with E-state index >= 15 is 0 Å². The van der Waals surface area contributed by atoms with Crippen molar-refractivity contribution in [1.82, 2.24) is 10.6 Å². The molecule has 2 atom stereocenters. The molecule has 0 spiro atoms. The first-order valence-electron chi connectivity index (χ1n) is 11.3. The summed E-state index contributed by atoms with van der Waals surface area (Å²) >= 11 is 0. The lowest BCUT2D eigenvalue weighted by Gasteiger charge is -2.27. The molecule has 0 fully saturated rings. The fourth-order valence-electron chi connectivity index (χ4n) is 3.93. The average molecular weight is 443 g/mol. The third-order valence-electron chi connectivity index (χ3n) is 5.63. The Morgan fingerprint density at radius 1 is 0.788 bits per heavy atom. The molecule has 2 amide bonds. The van der Waals surface area contributed by atoms with E-state index in [1.165, 1.54) is 6.92 Å². The Bertz CT molecular complexity index is 1060. The standard InChI is InChI=1S/C28H30N2O3/c1-3-10-25(23-13-8-5-9-14-23)27(26(32)19-29-20(2)31)30-28(33)24-17-15-22(16-18-24)21-11-6-4-7-12-21/h4-9,11-18,25,27H,3,10,19H2,1-2H3,(H,29,31)(H,30,33). The zero-order valence-electron chi connectivity index (χ0n) is 19.1. The summed E-state index contributed by atoms with van der Waals surface area (Å²) in [6.45, 7) is 3.30. The van der Waals surface area contributed by atoms with E-state index in [4.69, 9.17) is 0 Å². The Balaban J connectivity index is 1.84. The SMILES string of the molecule is CCCC(c1ccccc1)C(NC(=O)c1ccc(-c2ccccc2)cc1)C(=O)CNC(C)=O. The van der Waals surface area contributed by atoms with Gasteiger partial charge in [0.2, 0.25) is 5.91 Å². The van der Waals surface area contributed by atoms with Gasteiger partial charge in [-0.2, -0.15) is 0 Å². The lowest BCUT2D eigenvalue weighted by atomic mass is 9.85. The Morgan fingerprint density at radius 2 is 1.36 bits per heavy atom. The van der Waals surface area contributed by atoms with Crippen LogP contribution in [0.1, 0.15) is 48.5 Å². The largest absolute Gasteiger partial charge is 0.349 e. The lowest BCUT2D eigenvalue weighted by molar-refractivity contribution is -0.125. The van der Waals surface area contributed by atoms with Crippen LogP contribution in [0.4, 0.5) is 0 Å². The lowest BCUT2D eigenvalue weighted by Crippen LogP contribution is -2.48. The molecule has 170 valence electrons. The summed E-state index contributed by atoms with van der Waals surface area (Å²) in [7, 11) is 0. The number of rotatable bonds is 10. The number of nitrogens with one attached hydrogen (secondary N) is 2. The molecule has 5 nitrogen and oxygen atoms in total. The molecule has 0 aliphatic heterocycles. The summed E-state index contributed by atoms with van der Waals surface area (Å²) in [5, 5.41) is 5.53. The molecule has 33 heavy (non-hydrogen) atoms. The third-order valence-corrected chi connectivity index (χ3v) is 5.63. The quantitative estimate of drug-likeness (QED) is 0.476. The van der Waals surface area contributed by atoms with Gasteiger partial charge in [-0.05, 0) is 35.2 Å². The van der Waals surface area contributed by atoms with Crippen LogP contribution in [0.5, 0.6) is 0 Å². The fraction of sp³-hybridized carbons (Fsp3) is 0.250. The molecule has 0 heterocycles. The third kappa shape index (κ3) is 6.62. The second kappa shape index (κ2) is 11.8. The number of carbonyl (C=O) groups excluding carboxylic acids is 3. The van der Waals surface area contributed by atoms with E-state index in [1.807, 2.05) is 72.8 Å². The first-order valence-corrected chi connectivity index (χ1v) is 11.3. The van der Waals surface area contributed by atoms with Crippen LogP contribution in [0, 0.1) is 0 Å². The van der Waals surface area contributed by atoms with Gasteiger partial charge in [0.15, 0.2) is 5.78 Å². The molecular weight excluding hydrogens is 412 g/mol. The predicted molar refractivity (Wildman–Crippen MR) is 131 cm³/mol. The molecule has 2 N–H and O–H groups in total. The van der Waals surface area contributed by atoms with E-state index in [0.717, 1.165) is 29.5 Å². The first kappa shape index (κ1) is 23.9. The van der Waals surface area contributed by atoms with Crippen molar-refractivity contribution in [2.75, 3.05) is 6.54 Å². The van der Waals surface area contributed by atoms with Crippen molar-refractivity contribution in [3.8, 4) is 11.1 Å². The highest BCUT2D eigenvalue weighted by Crippen LogP contribution is 2.26. The molecule has 0 aliphatic carbocycles. The molecule has 3 aromatic rings. The van der Waals surface area contributed by atoms with Crippen LogP contribution in [-0.4, -0.2) is 30.2 Å². The Labute approximate surface area is 195 Å². The Kier molecular flexibility index (Phi) is 8.53. The number of carbonyl (C=O) groups is 3. The van der Waals surface area contributed by atoms with Crippen molar-refractivity contribution in [2.45, 2.75) is 38.6 Å². The maximum Gasteiger partial charge on any atom is 0.251 e. The molecular formula is C28H30N2O3. The molecule has 2 unspecified atom stereocenters. The van der Waals surface area contributed by atoms with E-state index in [2.05, 4.69) is 17.6 Å². The minimum absolute atomic E-state index is 0.125. The summed E-state index contributed by atoms with van der Waals surface area (Å²) in [4.78, 5) is 37.6. The topological polar surface area (TPSA) is 75.3 Å². The molecule has 0 saturated carbocycles. The van der Waals surface area contributed by atoms with Gasteiger partial charge in [0, 0.05) is 18.4 Å². The van der Waals surface area contributed by atoms with Gasteiger partial charge in [0.1, 0.15) is 0 Å². The molecule has 0 aliphatic rings. The summed E-state index contributed by atoms with van der Waals surface area (Å²) in [5.41, 5.74) is 3.55. The Morgan fingerprint density at radius 3 is 1.94 bits per heavy atom. The molecule has 0 saturated heterocycles. The van der Waals surface area contributed by atoms with Crippen LogP contribution in [0.15, 0.2) is 84.9 Å². The van der Waals surface area contributed by atoms with E-state index in [9.17, 15) is 14.4 Å². The van der Waals surface area contributed by atoms with Crippen molar-refractivity contribution >= 4 is 17.6 Å². The van der Waals surface area contributed by atoms with Crippen LogP contribution in [-0.2, 0) is 9.59 Å². The molecule has 5 heteroatoms. The summed E-state index contributed by atoms with van der Waals surface area (Å²) in [6, 6.07) is 26.2. The van der Waals surface area contributed by atoms with Gasteiger partial charge in [-0.1, -0.05) is 86.1 Å². The van der Waals surface area contributed by atoms with Crippen molar-refractivity contribution in [1.29, 1.82) is 0 Å². The van der Waals surface area contributed by atoms with Gasteiger partial charge >= 0.3 is 0 Å². The second-order valence-corrected chi connectivity index (χ2v) is 8.08. The second-order valence-electron chi connectivity index (χ2n) is 8.08. The highest BCUT2D eigenvalue weighted by molar-refractivity contribution is 5.99. The van der Waals surface area contributed by atoms with Crippen LogP contribution in [0.2, 0.25) is 0 Å². The Hall–Kier alpha value is -3.73. The number of hydrogen-bond acceptors (Lipinski definition) is 3. The fourth-order valence-corrected chi connectivity index (χ4v) is 3.93. The van der Waals surface area contributed by atoms with Gasteiger partial charge in [0.05, 0.1) is 12.6 Å². The average Bonchev–Trinajstić information content (AvgIpc) is 2.85. The molecule has 0 aromatic heterocycles. The van der Waals surface area contributed by atoms with E-state index in [-0.39, 0.29) is 30.1 Å². The minimum Gasteiger partial charge on any atom is -0.349 e. The van der Waals surface area contributed by atoms with E-state index in [1.54, 1.807) is 12.1 Å². The number of hydrogen-bond donors (Lipinski definition) is 2. The van der Waals surface area contributed by atoms with E-state index < -0.39 is 6.04 Å². The van der Waals surface area contributed by atoms with Crippen LogP contribution in [0.3, 0.4) is 0 Å². The van der Waals surface area contributed by atoms with E-state index in [0.29, 0.717) is 5.56 Å². The maximum atomic E-state index is 13.1. The summed E-state index contributed by atoms with van der Waals surface area (Å²) < 4.78 is 0. The van der Waals surface area contributed by atoms with Crippen molar-refractivity contribution in [3.63, 3.8) is 0 Å². The molecule has 0 bridgehead atoms. The molecule has 0 radical (unpaired) electrons. The number of ketones is 1. The number of Topliss-reactive ketones (excluding diaryl/α,β-unsaturated/α-hetero) is 1. The zero-order chi connectivity index (χ0) is 23.6. The summed E-state index contributed by atoms with van der Waals surface area (Å²) in [6.07, 6.45) is 1.58. The normalized spacial score (nSPS) is 12.4. The van der Waals surface area contributed by atoms with Crippen molar-refractivity contribution < 1.29 is 14.4 Å². The molecule has 3 aromatic carbocycles.